The van der Waals surface area contributed by atoms with Crippen molar-refractivity contribution in [1.82, 2.24) is 5.32 Å². The molecule has 0 unspecified atom stereocenters. The second kappa shape index (κ2) is 4.56. The van der Waals surface area contributed by atoms with Crippen LogP contribution in [0.25, 0.3) is 0 Å². The lowest BCUT2D eigenvalue weighted by Gasteiger charge is -2.18. The molecule has 0 radical (unpaired) electrons. The molecule has 0 saturated carbocycles. The smallest absolute Gasteiger partial charge is 0.408 e. The molecule has 1 amide bonds. The maximum atomic E-state index is 11.3. The predicted molar refractivity (Wildman–Crippen MR) is 62.0 cm³/mol. The second-order valence-corrected chi connectivity index (χ2v) is 4.62. The molecule has 1 aliphatic rings. The predicted octanol–water partition coefficient (Wildman–Crippen LogP) is 2.88. The standard InChI is InChI=1S/C13H17NO2/c1-9(2)8-11-12(16-13(15)14-11)10-6-4-3-5-7-10/h3-7,9,11-12H,8H2,1-2H3,(H,14,15)/t11-,12+/m0/s1. The van der Waals surface area contributed by atoms with Crippen molar-refractivity contribution in [3.63, 3.8) is 0 Å². The van der Waals surface area contributed by atoms with Crippen LogP contribution >= 0.6 is 0 Å². The molecular formula is C13H17NO2. The van der Waals surface area contributed by atoms with Gasteiger partial charge in [0.25, 0.3) is 0 Å². The molecular weight excluding hydrogens is 202 g/mol. The number of ether oxygens (including phenoxy) is 1. The Bertz CT molecular complexity index is 361. The van der Waals surface area contributed by atoms with Gasteiger partial charge in [0.1, 0.15) is 6.10 Å². The molecule has 1 aromatic rings. The normalized spacial score (nSPS) is 24.3. The number of nitrogens with one attached hydrogen (secondary N) is 1. The summed E-state index contributed by atoms with van der Waals surface area (Å²) >= 11 is 0. The van der Waals surface area contributed by atoms with Crippen molar-refractivity contribution >= 4 is 6.09 Å². The third kappa shape index (κ3) is 2.35. The van der Waals surface area contributed by atoms with E-state index in [0.29, 0.717) is 5.92 Å². The monoisotopic (exact) mass is 219 g/mol. The topological polar surface area (TPSA) is 38.3 Å². The minimum atomic E-state index is -0.306. The van der Waals surface area contributed by atoms with Crippen LogP contribution in [0.2, 0.25) is 0 Å². The molecule has 0 bridgehead atoms. The van der Waals surface area contributed by atoms with E-state index in [9.17, 15) is 4.79 Å². The summed E-state index contributed by atoms with van der Waals surface area (Å²) in [5.74, 6) is 0.540. The number of amides is 1. The van der Waals surface area contributed by atoms with Gasteiger partial charge >= 0.3 is 6.09 Å². The number of hydrogen-bond acceptors (Lipinski definition) is 2. The van der Waals surface area contributed by atoms with Crippen molar-refractivity contribution in [2.45, 2.75) is 32.4 Å². The molecule has 1 fully saturated rings. The maximum Gasteiger partial charge on any atom is 0.408 e. The van der Waals surface area contributed by atoms with E-state index in [0.717, 1.165) is 12.0 Å². The van der Waals surface area contributed by atoms with Gasteiger partial charge in [-0.05, 0) is 17.9 Å². The van der Waals surface area contributed by atoms with Gasteiger partial charge in [-0.1, -0.05) is 44.2 Å². The van der Waals surface area contributed by atoms with Gasteiger partial charge in [-0.25, -0.2) is 4.79 Å². The summed E-state index contributed by atoms with van der Waals surface area (Å²) in [7, 11) is 0. The average molecular weight is 219 g/mol. The lowest BCUT2D eigenvalue weighted by molar-refractivity contribution is 0.129. The number of cyclic esters (lactones) is 1. The molecule has 2 rings (SSSR count). The van der Waals surface area contributed by atoms with Crippen molar-refractivity contribution in [2.75, 3.05) is 0 Å². The van der Waals surface area contributed by atoms with Gasteiger partial charge in [0.2, 0.25) is 0 Å². The largest absolute Gasteiger partial charge is 0.439 e. The molecule has 0 aromatic heterocycles. The zero-order valence-electron chi connectivity index (χ0n) is 9.64. The molecule has 1 N–H and O–H groups in total. The van der Waals surface area contributed by atoms with Gasteiger partial charge in [-0.15, -0.1) is 0 Å². The molecule has 1 heterocycles. The fourth-order valence-electron chi connectivity index (χ4n) is 2.09. The Morgan fingerprint density at radius 1 is 1.31 bits per heavy atom. The highest BCUT2D eigenvalue weighted by molar-refractivity contribution is 5.70. The first-order valence-electron chi connectivity index (χ1n) is 5.69. The lowest BCUT2D eigenvalue weighted by Crippen LogP contribution is -2.29. The van der Waals surface area contributed by atoms with E-state index in [4.69, 9.17) is 4.74 Å². The molecule has 0 aliphatic carbocycles. The van der Waals surface area contributed by atoms with Crippen LogP contribution in [0.3, 0.4) is 0 Å². The zero-order valence-corrected chi connectivity index (χ0v) is 9.64. The molecule has 3 nitrogen and oxygen atoms in total. The first kappa shape index (κ1) is 11.0. The number of carbonyl (C=O) groups is 1. The summed E-state index contributed by atoms with van der Waals surface area (Å²) < 4.78 is 5.31. The van der Waals surface area contributed by atoms with Crippen LogP contribution < -0.4 is 5.32 Å². The SMILES string of the molecule is CC(C)C[C@@H]1NC(=O)O[C@@H]1c1ccccc1. The van der Waals surface area contributed by atoms with E-state index >= 15 is 0 Å². The van der Waals surface area contributed by atoms with Gasteiger partial charge in [-0.3, -0.25) is 0 Å². The van der Waals surface area contributed by atoms with Crippen LogP contribution in [0.5, 0.6) is 0 Å². The average Bonchev–Trinajstić information content (AvgIpc) is 2.60. The summed E-state index contributed by atoms with van der Waals surface area (Å²) in [5, 5.41) is 2.87. The van der Waals surface area contributed by atoms with Gasteiger partial charge in [0.05, 0.1) is 6.04 Å². The van der Waals surface area contributed by atoms with E-state index in [2.05, 4.69) is 19.2 Å². The Hall–Kier alpha value is -1.51. The third-order valence-electron chi connectivity index (χ3n) is 2.76. The summed E-state index contributed by atoms with van der Waals surface area (Å²) in [6.45, 7) is 4.29. The molecule has 1 aliphatic heterocycles. The van der Waals surface area contributed by atoms with Crippen molar-refractivity contribution < 1.29 is 9.53 Å². The lowest BCUT2D eigenvalue weighted by atomic mass is 9.95. The van der Waals surface area contributed by atoms with Crippen LogP contribution in [-0.4, -0.2) is 12.1 Å². The van der Waals surface area contributed by atoms with E-state index in [1.807, 2.05) is 30.3 Å². The first-order valence-corrected chi connectivity index (χ1v) is 5.69. The number of benzene rings is 1. The van der Waals surface area contributed by atoms with Gasteiger partial charge in [-0.2, -0.15) is 0 Å². The minimum absolute atomic E-state index is 0.0925. The molecule has 0 spiro atoms. The van der Waals surface area contributed by atoms with Crippen molar-refractivity contribution in [2.24, 2.45) is 5.92 Å². The van der Waals surface area contributed by atoms with Gasteiger partial charge in [0, 0.05) is 0 Å². The summed E-state index contributed by atoms with van der Waals surface area (Å²) in [6.07, 6.45) is 0.487. The Morgan fingerprint density at radius 3 is 2.62 bits per heavy atom. The van der Waals surface area contributed by atoms with Crippen LogP contribution in [0.4, 0.5) is 4.79 Å². The Kier molecular flexibility index (Phi) is 3.13. The third-order valence-corrected chi connectivity index (χ3v) is 2.76. The van der Waals surface area contributed by atoms with Crippen molar-refractivity contribution in [3.05, 3.63) is 35.9 Å². The van der Waals surface area contributed by atoms with E-state index < -0.39 is 0 Å². The summed E-state index contributed by atoms with van der Waals surface area (Å²) in [5.41, 5.74) is 1.06. The van der Waals surface area contributed by atoms with Crippen LogP contribution in [0.15, 0.2) is 30.3 Å². The zero-order chi connectivity index (χ0) is 11.5. The Balaban J connectivity index is 2.16. The second-order valence-electron chi connectivity index (χ2n) is 4.62. The molecule has 16 heavy (non-hydrogen) atoms. The van der Waals surface area contributed by atoms with E-state index in [1.54, 1.807) is 0 Å². The van der Waals surface area contributed by atoms with Crippen molar-refractivity contribution in [1.29, 1.82) is 0 Å². The highest BCUT2D eigenvalue weighted by Gasteiger charge is 2.35. The first-order chi connectivity index (χ1) is 7.66. The number of carbonyl (C=O) groups excluding carboxylic acids is 1. The Morgan fingerprint density at radius 2 is 2.00 bits per heavy atom. The fraction of sp³-hybridized carbons (Fsp3) is 0.462. The van der Waals surface area contributed by atoms with Crippen LogP contribution in [-0.2, 0) is 4.74 Å². The molecule has 2 atom stereocenters. The number of rotatable bonds is 3. The highest BCUT2D eigenvalue weighted by atomic mass is 16.6. The molecule has 86 valence electrons. The number of hydrogen-bond donors (Lipinski definition) is 1. The van der Waals surface area contributed by atoms with Gasteiger partial charge in [0.15, 0.2) is 0 Å². The van der Waals surface area contributed by atoms with Gasteiger partial charge < -0.3 is 10.1 Å². The number of alkyl carbamates (subject to hydrolysis) is 1. The summed E-state index contributed by atoms with van der Waals surface area (Å²) in [4.78, 5) is 11.3. The highest BCUT2D eigenvalue weighted by Crippen LogP contribution is 2.29. The van der Waals surface area contributed by atoms with Crippen LogP contribution in [0, 0.1) is 5.92 Å². The van der Waals surface area contributed by atoms with Crippen molar-refractivity contribution in [3.8, 4) is 0 Å². The molecule has 1 saturated heterocycles. The maximum absolute atomic E-state index is 11.3. The fourth-order valence-corrected chi connectivity index (χ4v) is 2.09. The Labute approximate surface area is 95.8 Å². The quantitative estimate of drug-likeness (QED) is 0.848. The summed E-state index contributed by atoms with van der Waals surface area (Å²) in [6, 6.07) is 9.98. The van der Waals surface area contributed by atoms with E-state index in [1.165, 1.54) is 0 Å². The minimum Gasteiger partial charge on any atom is -0.439 e. The van der Waals surface area contributed by atoms with Crippen LogP contribution in [0.1, 0.15) is 31.9 Å². The molecule has 3 heteroatoms. The molecule has 1 aromatic carbocycles. The van der Waals surface area contributed by atoms with E-state index in [-0.39, 0.29) is 18.2 Å².